The first-order valence-electron chi connectivity index (χ1n) is 8.12. The molecule has 3 aliphatic rings. The standard InChI is InChI=1S/C17H30O2/c1-5-12(2)16(18)19-17(3,4)7-6-13-8-14-10-15(9-13)11-14/h12-15H,5-11H2,1-4H3. The van der Waals surface area contributed by atoms with E-state index in [0.717, 1.165) is 30.6 Å². The number of hydrogen-bond donors (Lipinski definition) is 0. The van der Waals surface area contributed by atoms with Crippen LogP contribution in [0, 0.1) is 23.7 Å². The van der Waals surface area contributed by atoms with Crippen LogP contribution in [0.5, 0.6) is 0 Å². The molecule has 2 bridgehead atoms. The molecule has 0 N–H and O–H groups in total. The summed E-state index contributed by atoms with van der Waals surface area (Å²) in [5.74, 6) is 2.93. The maximum Gasteiger partial charge on any atom is 0.309 e. The van der Waals surface area contributed by atoms with Gasteiger partial charge in [-0.05, 0) is 76.5 Å². The lowest BCUT2D eigenvalue weighted by Gasteiger charge is -2.46. The van der Waals surface area contributed by atoms with E-state index in [2.05, 4.69) is 13.8 Å². The van der Waals surface area contributed by atoms with Crippen molar-refractivity contribution in [2.75, 3.05) is 0 Å². The van der Waals surface area contributed by atoms with Gasteiger partial charge in [-0.3, -0.25) is 4.79 Å². The zero-order chi connectivity index (χ0) is 14.0. The second-order valence-electron chi connectivity index (χ2n) is 7.57. The third-order valence-corrected chi connectivity index (χ3v) is 5.21. The first kappa shape index (κ1) is 14.9. The fourth-order valence-electron chi connectivity index (χ4n) is 3.68. The normalized spacial score (nSPS) is 31.5. The number of esters is 1. The highest BCUT2D eigenvalue weighted by molar-refractivity contribution is 5.72. The molecule has 3 rings (SSSR count). The summed E-state index contributed by atoms with van der Waals surface area (Å²) in [5, 5.41) is 0. The molecule has 2 nitrogen and oxygen atoms in total. The molecule has 0 aromatic carbocycles. The summed E-state index contributed by atoms with van der Waals surface area (Å²) < 4.78 is 5.68. The smallest absolute Gasteiger partial charge is 0.309 e. The third-order valence-electron chi connectivity index (χ3n) is 5.21. The van der Waals surface area contributed by atoms with Crippen LogP contribution in [-0.4, -0.2) is 11.6 Å². The van der Waals surface area contributed by atoms with Gasteiger partial charge < -0.3 is 4.74 Å². The van der Waals surface area contributed by atoms with Gasteiger partial charge in [0.05, 0.1) is 5.92 Å². The van der Waals surface area contributed by atoms with Gasteiger partial charge in [0, 0.05) is 0 Å². The molecule has 0 saturated heterocycles. The lowest BCUT2D eigenvalue weighted by molar-refractivity contribution is -0.162. The predicted molar refractivity (Wildman–Crippen MR) is 77.8 cm³/mol. The monoisotopic (exact) mass is 266 g/mol. The Balaban J connectivity index is 1.72. The second-order valence-corrected chi connectivity index (χ2v) is 7.57. The van der Waals surface area contributed by atoms with Crippen molar-refractivity contribution in [2.45, 2.75) is 78.2 Å². The van der Waals surface area contributed by atoms with Crippen LogP contribution in [0.25, 0.3) is 0 Å². The molecule has 0 aromatic heterocycles. The minimum atomic E-state index is -0.290. The molecule has 0 aliphatic heterocycles. The minimum absolute atomic E-state index is 0.0287. The first-order valence-corrected chi connectivity index (χ1v) is 8.12. The van der Waals surface area contributed by atoms with Gasteiger partial charge in [0.1, 0.15) is 5.60 Å². The lowest BCUT2D eigenvalue weighted by atomic mass is 9.60. The lowest BCUT2D eigenvalue weighted by Crippen LogP contribution is -2.36. The Hall–Kier alpha value is -0.530. The highest BCUT2D eigenvalue weighted by atomic mass is 16.6. The van der Waals surface area contributed by atoms with Gasteiger partial charge in [0.15, 0.2) is 0 Å². The summed E-state index contributed by atoms with van der Waals surface area (Å²) in [7, 11) is 0. The molecule has 0 heterocycles. The topological polar surface area (TPSA) is 26.3 Å². The van der Waals surface area contributed by atoms with Crippen LogP contribution in [0.3, 0.4) is 0 Å². The van der Waals surface area contributed by atoms with Crippen molar-refractivity contribution in [3.05, 3.63) is 0 Å². The van der Waals surface area contributed by atoms with Crippen molar-refractivity contribution in [2.24, 2.45) is 23.7 Å². The van der Waals surface area contributed by atoms with Gasteiger partial charge in [0.2, 0.25) is 0 Å². The number of hydrogen-bond acceptors (Lipinski definition) is 2. The fourth-order valence-corrected chi connectivity index (χ4v) is 3.68. The second kappa shape index (κ2) is 5.85. The van der Waals surface area contributed by atoms with Crippen LogP contribution < -0.4 is 0 Å². The van der Waals surface area contributed by atoms with Crippen LogP contribution in [0.4, 0.5) is 0 Å². The largest absolute Gasteiger partial charge is 0.459 e. The number of carbonyl (C=O) groups is 1. The molecule has 0 spiro atoms. The highest BCUT2D eigenvalue weighted by Gasteiger charge is 2.38. The Bertz CT molecular complexity index is 305. The van der Waals surface area contributed by atoms with Crippen molar-refractivity contribution in [3.8, 4) is 0 Å². The van der Waals surface area contributed by atoms with E-state index in [0.29, 0.717) is 0 Å². The van der Waals surface area contributed by atoms with Crippen LogP contribution in [0.2, 0.25) is 0 Å². The molecule has 2 heteroatoms. The molecule has 3 aliphatic carbocycles. The van der Waals surface area contributed by atoms with Gasteiger partial charge in [-0.1, -0.05) is 13.8 Å². The SMILES string of the molecule is CCC(C)C(=O)OC(C)(C)CCC1CC2CC(C1)C2. The van der Waals surface area contributed by atoms with Gasteiger partial charge in [0.25, 0.3) is 0 Å². The van der Waals surface area contributed by atoms with Crippen molar-refractivity contribution < 1.29 is 9.53 Å². The quantitative estimate of drug-likeness (QED) is 0.658. The van der Waals surface area contributed by atoms with E-state index < -0.39 is 0 Å². The molecular formula is C17H30O2. The van der Waals surface area contributed by atoms with Gasteiger partial charge >= 0.3 is 5.97 Å². The summed E-state index contributed by atoms with van der Waals surface area (Å²) in [6.07, 6.45) is 8.93. The van der Waals surface area contributed by atoms with Gasteiger partial charge in [-0.25, -0.2) is 0 Å². The molecule has 1 atom stereocenters. The van der Waals surface area contributed by atoms with E-state index in [1.54, 1.807) is 0 Å². The number of rotatable bonds is 6. The van der Waals surface area contributed by atoms with Crippen LogP contribution in [-0.2, 0) is 9.53 Å². The average Bonchev–Trinajstić information content (AvgIpc) is 2.34. The van der Waals surface area contributed by atoms with Crippen molar-refractivity contribution in [1.29, 1.82) is 0 Å². The van der Waals surface area contributed by atoms with Crippen LogP contribution in [0.15, 0.2) is 0 Å². The van der Waals surface area contributed by atoms with Crippen molar-refractivity contribution in [1.82, 2.24) is 0 Å². The van der Waals surface area contributed by atoms with Crippen LogP contribution >= 0.6 is 0 Å². The molecule has 3 saturated carbocycles. The van der Waals surface area contributed by atoms with E-state index in [9.17, 15) is 4.79 Å². The third kappa shape index (κ3) is 3.97. The Morgan fingerprint density at radius 3 is 2.32 bits per heavy atom. The molecule has 0 aromatic rings. The maximum absolute atomic E-state index is 11.9. The van der Waals surface area contributed by atoms with E-state index >= 15 is 0 Å². The highest BCUT2D eigenvalue weighted by Crippen LogP contribution is 2.49. The molecule has 19 heavy (non-hydrogen) atoms. The number of ether oxygens (including phenoxy) is 1. The Labute approximate surface area is 118 Å². The van der Waals surface area contributed by atoms with Crippen molar-refractivity contribution >= 4 is 5.97 Å². The number of fused-ring (bicyclic) bond motifs is 2. The molecule has 0 radical (unpaired) electrons. The fraction of sp³-hybridized carbons (Fsp3) is 0.941. The average molecular weight is 266 g/mol. The Morgan fingerprint density at radius 2 is 1.79 bits per heavy atom. The molecule has 1 unspecified atom stereocenters. The molecule has 3 fully saturated rings. The van der Waals surface area contributed by atoms with E-state index in [-0.39, 0.29) is 17.5 Å². The summed E-state index contributed by atoms with van der Waals surface area (Å²) in [6.45, 7) is 8.12. The Morgan fingerprint density at radius 1 is 1.21 bits per heavy atom. The summed E-state index contributed by atoms with van der Waals surface area (Å²) in [5.41, 5.74) is -0.290. The molecular weight excluding hydrogens is 236 g/mol. The van der Waals surface area contributed by atoms with Crippen LogP contribution in [0.1, 0.15) is 72.6 Å². The zero-order valence-electron chi connectivity index (χ0n) is 13.1. The van der Waals surface area contributed by atoms with Gasteiger partial charge in [-0.2, -0.15) is 0 Å². The van der Waals surface area contributed by atoms with Crippen molar-refractivity contribution in [3.63, 3.8) is 0 Å². The minimum Gasteiger partial charge on any atom is -0.459 e. The number of carbonyl (C=O) groups excluding carboxylic acids is 1. The predicted octanol–water partition coefficient (Wildman–Crippen LogP) is 4.57. The Kier molecular flexibility index (Phi) is 4.58. The summed E-state index contributed by atoms with van der Waals surface area (Å²) >= 11 is 0. The van der Waals surface area contributed by atoms with E-state index in [1.807, 2.05) is 13.8 Å². The van der Waals surface area contributed by atoms with E-state index in [1.165, 1.54) is 32.1 Å². The summed E-state index contributed by atoms with van der Waals surface area (Å²) in [6, 6.07) is 0. The first-order chi connectivity index (χ1) is 8.89. The molecule has 110 valence electrons. The summed E-state index contributed by atoms with van der Waals surface area (Å²) in [4.78, 5) is 11.9. The van der Waals surface area contributed by atoms with Gasteiger partial charge in [-0.15, -0.1) is 0 Å². The van der Waals surface area contributed by atoms with E-state index in [4.69, 9.17) is 4.74 Å². The maximum atomic E-state index is 11.9. The zero-order valence-corrected chi connectivity index (χ0v) is 13.1. The molecule has 0 amide bonds.